The molecule has 1 aliphatic carbocycles. The highest BCUT2D eigenvalue weighted by Crippen LogP contribution is 2.27. The van der Waals surface area contributed by atoms with Gasteiger partial charge in [0.2, 0.25) is 5.95 Å². The van der Waals surface area contributed by atoms with Crippen molar-refractivity contribution in [1.82, 2.24) is 29.9 Å². The Kier molecular flexibility index (Phi) is 21.4. The molecule has 0 spiro atoms. The second-order valence-electron chi connectivity index (χ2n) is 17.5. The minimum absolute atomic E-state index is 0.0535. The summed E-state index contributed by atoms with van der Waals surface area (Å²) in [5.41, 5.74) is 6.55. The van der Waals surface area contributed by atoms with E-state index in [0.717, 1.165) is 47.6 Å². The molecule has 14 heteroatoms. The Balaban J connectivity index is 0.000000218. The van der Waals surface area contributed by atoms with Gasteiger partial charge < -0.3 is 10.2 Å². The van der Waals surface area contributed by atoms with Crippen molar-refractivity contribution in [3.8, 4) is 24.3 Å². The van der Waals surface area contributed by atoms with Gasteiger partial charge >= 0.3 is 0 Å². The maximum atomic E-state index is 13.1. The molecular weight excluding hydrogens is 835 g/mol. The summed E-state index contributed by atoms with van der Waals surface area (Å²) in [6, 6.07) is 21.1. The molecule has 1 N–H and O–H groups in total. The Morgan fingerprint density at radius 3 is 1.65 bits per heavy atom. The summed E-state index contributed by atoms with van der Waals surface area (Å²) in [6.07, 6.45) is 10.1. The predicted octanol–water partition coefficient (Wildman–Crippen LogP) is 12.1. The molecule has 1 saturated heterocycles. The molecule has 1 unspecified atom stereocenters. The number of nitriles is 4. The van der Waals surface area contributed by atoms with Crippen molar-refractivity contribution < 1.29 is 4.39 Å². The van der Waals surface area contributed by atoms with Crippen LogP contribution in [-0.2, 0) is 0 Å². The Labute approximate surface area is 390 Å². The van der Waals surface area contributed by atoms with Crippen LogP contribution in [0.2, 0.25) is 5.02 Å². The topological polar surface area (TPSA) is 188 Å². The van der Waals surface area contributed by atoms with E-state index in [4.69, 9.17) is 32.6 Å². The van der Waals surface area contributed by atoms with Gasteiger partial charge in [-0.3, -0.25) is 15.0 Å². The Hall–Kier alpha value is -6.54. The van der Waals surface area contributed by atoms with Crippen molar-refractivity contribution in [2.24, 2.45) is 5.92 Å². The lowest BCUT2D eigenvalue weighted by atomic mass is 10.1. The molecule has 2 aliphatic rings. The highest BCUT2D eigenvalue weighted by molar-refractivity contribution is 6.31. The first-order valence-corrected chi connectivity index (χ1v) is 22.5. The number of halogens is 2. The van der Waals surface area contributed by atoms with Crippen LogP contribution < -0.4 is 10.2 Å². The molecule has 1 atom stereocenters. The molecule has 2 fully saturated rings. The number of nitrogens with one attached hydrogen (secondary N) is 1. The zero-order chi connectivity index (χ0) is 48.2. The normalized spacial score (nSPS) is 13.7. The molecular formula is C51H62ClFN12. The van der Waals surface area contributed by atoms with Gasteiger partial charge in [-0.2, -0.15) is 21.0 Å². The average Bonchev–Trinajstić information content (AvgIpc) is 4.01. The van der Waals surface area contributed by atoms with Crippen LogP contribution in [0, 0.1) is 57.1 Å². The molecule has 12 nitrogen and oxygen atoms in total. The number of pyridine rings is 4. The van der Waals surface area contributed by atoms with E-state index in [0.29, 0.717) is 63.0 Å². The van der Waals surface area contributed by atoms with E-state index in [-0.39, 0.29) is 11.5 Å². The van der Waals surface area contributed by atoms with Crippen LogP contribution in [0.5, 0.6) is 0 Å². The first-order valence-electron chi connectivity index (χ1n) is 22.1. The molecule has 0 bridgehead atoms. The van der Waals surface area contributed by atoms with Crippen molar-refractivity contribution >= 4 is 23.4 Å². The van der Waals surface area contributed by atoms with Crippen molar-refractivity contribution in [3.63, 3.8) is 0 Å². The van der Waals surface area contributed by atoms with Crippen LogP contribution >= 0.6 is 11.6 Å². The van der Waals surface area contributed by atoms with E-state index >= 15 is 0 Å². The fraction of sp³-hybridized carbons (Fsp3) is 0.451. The van der Waals surface area contributed by atoms with Gasteiger partial charge in [-0.1, -0.05) is 87.8 Å². The third-order valence-electron chi connectivity index (χ3n) is 10.1. The second kappa shape index (κ2) is 26.3. The maximum absolute atomic E-state index is 13.1. The molecule has 1 saturated carbocycles. The van der Waals surface area contributed by atoms with Gasteiger partial charge in [-0.15, -0.1) is 0 Å². The number of rotatable bonds is 8. The molecule has 65 heavy (non-hydrogen) atoms. The molecule has 0 radical (unpaired) electrons. The van der Waals surface area contributed by atoms with Crippen molar-refractivity contribution in [2.45, 2.75) is 131 Å². The van der Waals surface area contributed by atoms with Crippen molar-refractivity contribution in [2.75, 3.05) is 23.3 Å². The van der Waals surface area contributed by atoms with Crippen LogP contribution in [0.1, 0.15) is 176 Å². The summed E-state index contributed by atoms with van der Waals surface area (Å²) in [4.78, 5) is 27.6. The largest absolute Gasteiger partial charge is 0.355 e. The highest BCUT2D eigenvalue weighted by atomic mass is 35.5. The predicted molar refractivity (Wildman–Crippen MR) is 256 cm³/mol. The molecule has 0 aromatic carbocycles. The van der Waals surface area contributed by atoms with Gasteiger partial charge in [0.05, 0.1) is 38.7 Å². The minimum atomic E-state index is -0.399. The van der Waals surface area contributed by atoms with Crippen LogP contribution in [0.15, 0.2) is 67.3 Å². The van der Waals surface area contributed by atoms with Gasteiger partial charge in [0.25, 0.3) is 0 Å². The Morgan fingerprint density at radius 2 is 1.18 bits per heavy atom. The number of anilines is 2. The van der Waals surface area contributed by atoms with E-state index in [1.165, 1.54) is 31.5 Å². The third kappa shape index (κ3) is 17.5. The summed E-state index contributed by atoms with van der Waals surface area (Å²) in [6.45, 7) is 24.7. The maximum Gasteiger partial charge on any atom is 0.223 e. The van der Waals surface area contributed by atoms with E-state index in [2.05, 4.69) is 94.7 Å². The molecule has 5 aromatic heterocycles. The van der Waals surface area contributed by atoms with Crippen LogP contribution in [-0.4, -0.2) is 49.0 Å². The quantitative estimate of drug-likeness (QED) is 0.155. The van der Waals surface area contributed by atoms with E-state index in [9.17, 15) is 4.39 Å². The Morgan fingerprint density at radius 1 is 0.631 bits per heavy atom. The van der Waals surface area contributed by atoms with Gasteiger partial charge in [0, 0.05) is 61.0 Å². The van der Waals surface area contributed by atoms with E-state index < -0.39 is 5.82 Å². The molecule has 0 amide bonds. The third-order valence-corrected chi connectivity index (χ3v) is 10.4. The summed E-state index contributed by atoms with van der Waals surface area (Å²) >= 11 is 5.89. The van der Waals surface area contributed by atoms with Gasteiger partial charge in [0.1, 0.15) is 35.9 Å². The summed E-state index contributed by atoms with van der Waals surface area (Å²) < 4.78 is 13.1. The molecule has 1 aliphatic heterocycles. The summed E-state index contributed by atoms with van der Waals surface area (Å²) in [5, 5.41) is 38.5. The van der Waals surface area contributed by atoms with Gasteiger partial charge in [0.15, 0.2) is 0 Å². The fourth-order valence-corrected chi connectivity index (χ4v) is 6.48. The van der Waals surface area contributed by atoms with Crippen LogP contribution in [0.25, 0.3) is 0 Å². The lowest BCUT2D eigenvalue weighted by molar-refractivity contribution is 0.584. The Bertz CT molecular complexity index is 2390. The zero-order valence-electron chi connectivity index (χ0n) is 39.6. The number of nitrogens with zero attached hydrogens (tertiary/aromatic N) is 11. The van der Waals surface area contributed by atoms with Crippen LogP contribution in [0.4, 0.5) is 16.2 Å². The van der Waals surface area contributed by atoms with Gasteiger partial charge in [-0.25, -0.2) is 19.3 Å². The monoisotopic (exact) mass is 896 g/mol. The summed E-state index contributed by atoms with van der Waals surface area (Å²) in [7, 11) is 0. The van der Waals surface area contributed by atoms with Crippen molar-refractivity contribution in [1.29, 1.82) is 21.0 Å². The summed E-state index contributed by atoms with van der Waals surface area (Å²) in [5.74, 6) is 3.63. The zero-order valence-corrected chi connectivity index (χ0v) is 40.4. The van der Waals surface area contributed by atoms with Crippen molar-refractivity contribution in [3.05, 3.63) is 129 Å². The first kappa shape index (κ1) is 52.8. The fourth-order valence-electron chi connectivity index (χ4n) is 6.10. The molecule has 5 aromatic rings. The number of hydrogen-bond acceptors (Lipinski definition) is 12. The van der Waals surface area contributed by atoms with Crippen LogP contribution in [0.3, 0.4) is 0 Å². The standard InChI is InChI=1S/C14H19N3.C10H15N3.C9H9ClN2.C9H9FN2.C9H10N2/c1-10(2)13-5-4-12(8-15)14(16-13)17-7-6-11(3)9-17;1-7(2)9-5-6-11-10(13-9)12-8-3-4-8;2*1-6(2)9-8(10)3-7(4-11)5-12-9;1-7(2)9-4-3-8(5-10)6-11-9/h4-5,10-11H,6-7,9H2,1-3H3;5-8H,3-4H2,1-2H3,(H,11,12,13);2*3,5-6H,1-2H3;3-4,6-7H,1-2H3. The SMILES string of the molecule is CC(C)c1ccc(C#N)cn1.CC(C)c1ccnc(NC2CC2)n1.CC(C)c1ncc(C#N)cc1Cl.CC(C)c1ncc(C#N)cc1F.CC1CCN(c2nc(C(C)C)ccc2C#N)C1. The van der Waals surface area contributed by atoms with E-state index in [1.807, 2.05) is 76.4 Å². The van der Waals surface area contributed by atoms with E-state index in [1.54, 1.807) is 24.5 Å². The van der Waals surface area contributed by atoms with Gasteiger partial charge in [-0.05, 0) is 97.2 Å². The smallest absolute Gasteiger partial charge is 0.223 e. The minimum Gasteiger partial charge on any atom is -0.355 e. The average molecular weight is 898 g/mol. The molecule has 7 rings (SSSR count). The lowest BCUT2D eigenvalue weighted by Gasteiger charge is -2.19. The number of hydrogen-bond donors (Lipinski definition) is 1. The molecule has 340 valence electrons. The second-order valence-corrected chi connectivity index (χ2v) is 18.0. The first-order chi connectivity index (χ1) is 30.9. The lowest BCUT2D eigenvalue weighted by Crippen LogP contribution is -2.22. The molecule has 6 heterocycles. The highest BCUT2D eigenvalue weighted by Gasteiger charge is 2.23. The number of aromatic nitrogens is 6.